The number of rotatable bonds is 4. The zero-order chi connectivity index (χ0) is 22.7. The number of amides is 2. The van der Waals surface area contributed by atoms with E-state index in [1.165, 1.54) is 0 Å². The van der Waals surface area contributed by atoms with Gasteiger partial charge in [-0.2, -0.15) is 0 Å². The van der Waals surface area contributed by atoms with Crippen molar-refractivity contribution in [3.05, 3.63) is 53.6 Å². The van der Waals surface area contributed by atoms with Crippen molar-refractivity contribution in [3.63, 3.8) is 0 Å². The molecule has 1 saturated carbocycles. The number of nitrogens with one attached hydrogen (secondary N) is 1. The zero-order valence-electron chi connectivity index (χ0n) is 19.1. The number of hydrogen-bond donors (Lipinski definition) is 1. The predicted octanol–water partition coefficient (Wildman–Crippen LogP) is 5.76. The van der Waals surface area contributed by atoms with Gasteiger partial charge in [0, 0.05) is 5.69 Å². The Bertz CT molecular complexity index is 990. The number of ether oxygens (including phenoxy) is 2. The summed E-state index contributed by atoms with van der Waals surface area (Å²) in [4.78, 5) is 27.5. The van der Waals surface area contributed by atoms with Crippen LogP contribution in [0.15, 0.2) is 42.5 Å². The first-order chi connectivity index (χ1) is 15.3. The van der Waals surface area contributed by atoms with Crippen molar-refractivity contribution in [2.75, 3.05) is 16.8 Å². The topological polar surface area (TPSA) is 67.9 Å². The van der Waals surface area contributed by atoms with Crippen LogP contribution in [0, 0.1) is 0 Å². The Morgan fingerprint density at radius 1 is 1.00 bits per heavy atom. The van der Waals surface area contributed by atoms with Crippen molar-refractivity contribution in [1.82, 2.24) is 0 Å². The summed E-state index contributed by atoms with van der Waals surface area (Å²) in [5.41, 5.74) is 3.84. The molecule has 4 rings (SSSR count). The highest BCUT2D eigenvalue weighted by molar-refractivity contribution is 6.03. The molecule has 1 fully saturated rings. The van der Waals surface area contributed by atoms with Gasteiger partial charge < -0.3 is 9.47 Å². The molecule has 170 valence electrons. The van der Waals surface area contributed by atoms with Gasteiger partial charge in [0.25, 0.3) is 5.91 Å². The number of aryl methyl sites for hydroxylation is 2. The molecule has 0 aromatic heterocycles. The Kier molecular flexibility index (Phi) is 6.51. The molecule has 0 saturated heterocycles. The number of benzene rings is 2. The summed E-state index contributed by atoms with van der Waals surface area (Å²) in [5.74, 6) is -0.0954. The molecule has 2 aromatic carbocycles. The number of nitrogens with zero attached hydrogens (tertiary/aromatic N) is 1. The van der Waals surface area contributed by atoms with Gasteiger partial charge >= 0.3 is 6.09 Å². The van der Waals surface area contributed by atoms with Gasteiger partial charge in [-0.1, -0.05) is 37.1 Å². The molecular weight excluding hydrogens is 404 g/mol. The van der Waals surface area contributed by atoms with Crippen molar-refractivity contribution < 1.29 is 19.1 Å². The smallest absolute Gasteiger partial charge is 0.412 e. The fourth-order valence-electron chi connectivity index (χ4n) is 4.40. The third kappa shape index (κ3) is 5.30. The van der Waals surface area contributed by atoms with Gasteiger partial charge in [-0.15, -0.1) is 0 Å². The van der Waals surface area contributed by atoms with Gasteiger partial charge in [0.05, 0.1) is 17.5 Å². The standard InChI is InChI=1S/C26H32N2O4/c1-26(2,3)32-25(30)27-20-15-14-19-13-12-18-8-4-7-11-22(18)28(23(19)16-20)24(29)17-31-21-9-5-6-10-21/h4,7-8,11,14-16,21H,5-6,9-10,12-13,17H2,1-3H3,(H,27,30). The second-order valence-corrected chi connectivity index (χ2v) is 9.55. The average Bonchev–Trinajstić information content (AvgIpc) is 3.19. The van der Waals surface area contributed by atoms with Crippen LogP contribution in [0.4, 0.5) is 21.9 Å². The van der Waals surface area contributed by atoms with E-state index in [0.717, 1.165) is 61.0 Å². The van der Waals surface area contributed by atoms with Crippen molar-refractivity contribution >= 4 is 29.1 Å². The molecule has 2 amide bonds. The van der Waals surface area contributed by atoms with E-state index < -0.39 is 11.7 Å². The van der Waals surface area contributed by atoms with Crippen LogP contribution < -0.4 is 10.2 Å². The van der Waals surface area contributed by atoms with Gasteiger partial charge in [0.15, 0.2) is 0 Å². The first-order valence-electron chi connectivity index (χ1n) is 11.5. The molecule has 1 N–H and O–H groups in total. The van der Waals surface area contributed by atoms with Crippen LogP contribution in [0.1, 0.15) is 57.6 Å². The third-order valence-electron chi connectivity index (χ3n) is 5.86. The van der Waals surface area contributed by atoms with Crippen LogP contribution in [-0.2, 0) is 27.1 Å². The normalized spacial score (nSPS) is 16.2. The van der Waals surface area contributed by atoms with E-state index in [4.69, 9.17) is 9.47 Å². The fourth-order valence-corrected chi connectivity index (χ4v) is 4.40. The Balaban J connectivity index is 1.63. The van der Waals surface area contributed by atoms with E-state index in [0.29, 0.717) is 5.69 Å². The summed E-state index contributed by atoms with van der Waals surface area (Å²) >= 11 is 0. The maximum Gasteiger partial charge on any atom is 0.412 e. The molecule has 6 nitrogen and oxygen atoms in total. The summed E-state index contributed by atoms with van der Waals surface area (Å²) in [6.45, 7) is 5.52. The van der Waals surface area contributed by atoms with Gasteiger partial charge in [-0.05, 0) is 75.8 Å². The fraction of sp³-hybridized carbons (Fsp3) is 0.462. The highest BCUT2D eigenvalue weighted by Crippen LogP contribution is 2.38. The minimum atomic E-state index is -0.589. The highest BCUT2D eigenvalue weighted by Gasteiger charge is 2.28. The SMILES string of the molecule is CC(C)(C)OC(=O)Nc1ccc2c(c1)N(C(=O)COC1CCCC1)c1ccccc1CC2. The molecule has 0 unspecified atom stereocenters. The molecule has 1 heterocycles. The van der Waals surface area contributed by atoms with E-state index in [2.05, 4.69) is 11.4 Å². The Morgan fingerprint density at radius 2 is 1.69 bits per heavy atom. The zero-order valence-corrected chi connectivity index (χ0v) is 19.1. The maximum absolute atomic E-state index is 13.4. The van der Waals surface area contributed by atoms with Crippen LogP contribution in [0.25, 0.3) is 0 Å². The maximum atomic E-state index is 13.4. The number of para-hydroxylation sites is 1. The van der Waals surface area contributed by atoms with E-state index in [-0.39, 0.29) is 18.6 Å². The summed E-state index contributed by atoms with van der Waals surface area (Å²) < 4.78 is 11.3. The lowest BCUT2D eigenvalue weighted by atomic mass is 10.0. The second kappa shape index (κ2) is 9.33. The van der Waals surface area contributed by atoms with Crippen molar-refractivity contribution in [2.45, 2.75) is 71.0 Å². The molecule has 6 heteroatoms. The highest BCUT2D eigenvalue weighted by atomic mass is 16.6. The van der Waals surface area contributed by atoms with Crippen LogP contribution in [0.3, 0.4) is 0 Å². The predicted molar refractivity (Wildman–Crippen MR) is 126 cm³/mol. The molecule has 0 radical (unpaired) electrons. The first kappa shape index (κ1) is 22.3. The number of hydrogen-bond acceptors (Lipinski definition) is 4. The van der Waals surface area contributed by atoms with Crippen molar-refractivity contribution in [3.8, 4) is 0 Å². The second-order valence-electron chi connectivity index (χ2n) is 9.55. The Labute approximate surface area is 189 Å². The minimum Gasteiger partial charge on any atom is -0.444 e. The molecule has 32 heavy (non-hydrogen) atoms. The largest absolute Gasteiger partial charge is 0.444 e. The lowest BCUT2D eigenvalue weighted by molar-refractivity contribution is -0.124. The van der Waals surface area contributed by atoms with Gasteiger partial charge in [-0.3, -0.25) is 15.0 Å². The number of carbonyl (C=O) groups is 2. The number of carbonyl (C=O) groups excluding carboxylic acids is 2. The molecule has 2 aromatic rings. The molecule has 2 aliphatic rings. The summed E-state index contributed by atoms with van der Waals surface area (Å²) in [7, 11) is 0. The summed E-state index contributed by atoms with van der Waals surface area (Å²) in [5, 5.41) is 2.80. The molecule has 1 aliphatic heterocycles. The molecule has 1 aliphatic carbocycles. The van der Waals surface area contributed by atoms with Crippen LogP contribution in [0.5, 0.6) is 0 Å². The lowest BCUT2D eigenvalue weighted by Crippen LogP contribution is -2.32. The number of anilines is 3. The van der Waals surface area contributed by atoms with E-state index in [1.807, 2.05) is 57.2 Å². The van der Waals surface area contributed by atoms with Gasteiger partial charge in [0.1, 0.15) is 12.2 Å². The van der Waals surface area contributed by atoms with E-state index in [1.54, 1.807) is 4.90 Å². The van der Waals surface area contributed by atoms with Crippen LogP contribution in [-0.4, -0.2) is 30.3 Å². The minimum absolute atomic E-state index is 0.0438. The van der Waals surface area contributed by atoms with Crippen molar-refractivity contribution in [2.24, 2.45) is 0 Å². The molecule has 0 spiro atoms. The molecular formula is C26H32N2O4. The first-order valence-corrected chi connectivity index (χ1v) is 11.5. The Morgan fingerprint density at radius 3 is 2.41 bits per heavy atom. The Hall–Kier alpha value is -2.86. The summed E-state index contributed by atoms with van der Waals surface area (Å²) in [6.07, 6.45) is 5.66. The monoisotopic (exact) mass is 436 g/mol. The molecule has 0 atom stereocenters. The number of fused-ring (bicyclic) bond motifs is 2. The van der Waals surface area contributed by atoms with Crippen molar-refractivity contribution in [1.29, 1.82) is 0 Å². The average molecular weight is 437 g/mol. The van der Waals surface area contributed by atoms with Crippen LogP contribution in [0.2, 0.25) is 0 Å². The molecule has 0 bridgehead atoms. The van der Waals surface area contributed by atoms with Crippen LogP contribution >= 0.6 is 0 Å². The quantitative estimate of drug-likeness (QED) is 0.662. The van der Waals surface area contributed by atoms with Gasteiger partial charge in [-0.25, -0.2) is 4.79 Å². The summed E-state index contributed by atoms with van der Waals surface area (Å²) in [6, 6.07) is 13.7. The van der Waals surface area contributed by atoms with Gasteiger partial charge in [0.2, 0.25) is 0 Å². The lowest BCUT2D eigenvalue weighted by Gasteiger charge is -2.26. The van der Waals surface area contributed by atoms with E-state index in [9.17, 15) is 9.59 Å². The third-order valence-corrected chi connectivity index (χ3v) is 5.86. The van der Waals surface area contributed by atoms with E-state index >= 15 is 0 Å².